The maximum Gasteiger partial charge on any atom is 0.0307 e. The number of nitrogens with one attached hydrogen (secondary N) is 1. The largest absolute Gasteiger partial charge is 0.310 e. The van der Waals surface area contributed by atoms with Crippen LogP contribution in [0.2, 0.25) is 0 Å². The predicted molar refractivity (Wildman–Crippen MR) is 89.0 cm³/mol. The molecule has 0 bridgehead atoms. The molecule has 0 saturated heterocycles. The van der Waals surface area contributed by atoms with E-state index in [1.165, 1.54) is 77.2 Å². The van der Waals surface area contributed by atoms with Crippen LogP contribution in [0.5, 0.6) is 0 Å². The van der Waals surface area contributed by atoms with Crippen LogP contribution in [0.15, 0.2) is 11.6 Å². The number of allylic oxidation sites excluding steroid dienone is 1. The van der Waals surface area contributed by atoms with E-state index in [2.05, 4.69) is 25.2 Å². The van der Waals surface area contributed by atoms with E-state index in [1.54, 1.807) is 5.57 Å². The second-order valence-corrected chi connectivity index (χ2v) is 7.18. The van der Waals surface area contributed by atoms with E-state index in [4.69, 9.17) is 0 Å². The first-order chi connectivity index (χ1) is 9.81. The van der Waals surface area contributed by atoms with Crippen LogP contribution in [0.4, 0.5) is 0 Å². The van der Waals surface area contributed by atoms with Crippen molar-refractivity contribution in [3.8, 4) is 0 Å². The Labute approximate surface area is 126 Å². The summed E-state index contributed by atoms with van der Waals surface area (Å²) in [5, 5.41) is 3.90. The maximum absolute atomic E-state index is 3.90. The quantitative estimate of drug-likeness (QED) is 0.658. The molecule has 2 rings (SSSR count). The standard InChI is InChI=1S/C19H35N/c1-3-15-20-19(18-13-11-16(2)12-14-18)17-9-7-5-4-6-8-10-17/h9,16,18-20H,3-8,10-15H2,1-2H3. The van der Waals surface area contributed by atoms with Crippen LogP contribution in [0.3, 0.4) is 0 Å². The summed E-state index contributed by atoms with van der Waals surface area (Å²) >= 11 is 0. The van der Waals surface area contributed by atoms with Crippen LogP contribution in [0, 0.1) is 11.8 Å². The number of hydrogen-bond donors (Lipinski definition) is 1. The molecule has 1 N–H and O–H groups in total. The zero-order chi connectivity index (χ0) is 14.2. The molecule has 0 radical (unpaired) electrons. The summed E-state index contributed by atoms with van der Waals surface area (Å²) in [7, 11) is 0. The van der Waals surface area contributed by atoms with Gasteiger partial charge in [-0.3, -0.25) is 0 Å². The first kappa shape index (κ1) is 16.1. The van der Waals surface area contributed by atoms with Gasteiger partial charge in [-0.25, -0.2) is 0 Å². The minimum atomic E-state index is 0.695. The second kappa shape index (κ2) is 8.87. The normalized spacial score (nSPS) is 30.2. The van der Waals surface area contributed by atoms with Crippen molar-refractivity contribution in [3.63, 3.8) is 0 Å². The fourth-order valence-corrected chi connectivity index (χ4v) is 4.02. The van der Waals surface area contributed by atoms with Gasteiger partial charge in [-0.2, -0.15) is 0 Å². The molecule has 1 unspecified atom stereocenters. The summed E-state index contributed by atoms with van der Waals surface area (Å²) in [4.78, 5) is 0. The van der Waals surface area contributed by atoms with Gasteiger partial charge in [0.25, 0.3) is 0 Å². The highest BCUT2D eigenvalue weighted by Gasteiger charge is 2.28. The van der Waals surface area contributed by atoms with Crippen molar-refractivity contribution < 1.29 is 0 Å². The summed E-state index contributed by atoms with van der Waals surface area (Å²) in [6.07, 6.45) is 18.0. The molecule has 2 aliphatic carbocycles. The molecule has 1 saturated carbocycles. The van der Waals surface area contributed by atoms with Crippen molar-refractivity contribution >= 4 is 0 Å². The van der Waals surface area contributed by atoms with Crippen molar-refractivity contribution in [2.75, 3.05) is 6.54 Å². The molecular formula is C19H35N. The lowest BCUT2D eigenvalue weighted by Gasteiger charge is -2.35. The average molecular weight is 277 g/mol. The number of hydrogen-bond acceptors (Lipinski definition) is 1. The topological polar surface area (TPSA) is 12.0 Å². The molecule has 1 fully saturated rings. The smallest absolute Gasteiger partial charge is 0.0307 e. The van der Waals surface area contributed by atoms with E-state index in [0.29, 0.717) is 6.04 Å². The molecule has 20 heavy (non-hydrogen) atoms. The van der Waals surface area contributed by atoms with Gasteiger partial charge in [-0.1, -0.05) is 51.2 Å². The number of rotatable bonds is 5. The van der Waals surface area contributed by atoms with E-state index in [9.17, 15) is 0 Å². The minimum absolute atomic E-state index is 0.695. The molecule has 116 valence electrons. The molecule has 0 heterocycles. The first-order valence-electron chi connectivity index (χ1n) is 9.23. The lowest BCUT2D eigenvalue weighted by Crippen LogP contribution is -2.40. The lowest BCUT2D eigenvalue weighted by molar-refractivity contribution is 0.244. The van der Waals surface area contributed by atoms with Gasteiger partial charge in [0.05, 0.1) is 0 Å². The van der Waals surface area contributed by atoms with Crippen molar-refractivity contribution in [3.05, 3.63) is 11.6 Å². The fraction of sp³-hybridized carbons (Fsp3) is 0.895. The molecule has 0 aliphatic heterocycles. The van der Waals surface area contributed by atoms with Crippen molar-refractivity contribution in [1.82, 2.24) is 5.32 Å². The van der Waals surface area contributed by atoms with E-state index < -0.39 is 0 Å². The molecule has 0 aromatic carbocycles. The summed E-state index contributed by atoms with van der Waals surface area (Å²) in [5.74, 6) is 1.87. The molecule has 1 nitrogen and oxygen atoms in total. The van der Waals surface area contributed by atoms with Crippen molar-refractivity contribution in [1.29, 1.82) is 0 Å². The zero-order valence-corrected chi connectivity index (χ0v) is 13.8. The molecule has 1 heteroatoms. The third-order valence-corrected chi connectivity index (χ3v) is 5.37. The minimum Gasteiger partial charge on any atom is -0.310 e. The molecule has 0 spiro atoms. The third-order valence-electron chi connectivity index (χ3n) is 5.37. The Morgan fingerprint density at radius 3 is 2.60 bits per heavy atom. The Hall–Kier alpha value is -0.300. The highest BCUT2D eigenvalue weighted by molar-refractivity contribution is 5.14. The van der Waals surface area contributed by atoms with Crippen molar-refractivity contribution in [2.45, 2.75) is 90.5 Å². The predicted octanol–water partition coefficient (Wildman–Crippen LogP) is 5.46. The molecule has 0 amide bonds. The molecule has 1 atom stereocenters. The summed E-state index contributed by atoms with van der Waals surface area (Å²) in [6.45, 7) is 5.91. The van der Waals surface area contributed by atoms with E-state index in [1.807, 2.05) is 0 Å². The summed E-state index contributed by atoms with van der Waals surface area (Å²) in [6, 6.07) is 0.695. The lowest BCUT2D eigenvalue weighted by atomic mass is 9.76. The Morgan fingerprint density at radius 1 is 1.10 bits per heavy atom. The monoisotopic (exact) mass is 277 g/mol. The Morgan fingerprint density at radius 2 is 1.85 bits per heavy atom. The molecule has 0 aromatic rings. The van der Waals surface area contributed by atoms with Crippen LogP contribution in [-0.4, -0.2) is 12.6 Å². The van der Waals surface area contributed by atoms with E-state index >= 15 is 0 Å². The van der Waals surface area contributed by atoms with Gasteiger partial charge in [0.2, 0.25) is 0 Å². The van der Waals surface area contributed by atoms with E-state index in [-0.39, 0.29) is 0 Å². The van der Waals surface area contributed by atoms with Gasteiger partial charge in [-0.05, 0) is 63.3 Å². The van der Waals surface area contributed by atoms with Crippen LogP contribution >= 0.6 is 0 Å². The second-order valence-electron chi connectivity index (χ2n) is 7.18. The van der Waals surface area contributed by atoms with Crippen molar-refractivity contribution in [2.24, 2.45) is 11.8 Å². The summed E-state index contributed by atoms with van der Waals surface area (Å²) in [5.41, 5.74) is 1.76. The van der Waals surface area contributed by atoms with Gasteiger partial charge < -0.3 is 5.32 Å². The van der Waals surface area contributed by atoms with Gasteiger partial charge in [-0.15, -0.1) is 0 Å². The van der Waals surface area contributed by atoms with E-state index in [0.717, 1.165) is 11.8 Å². The third kappa shape index (κ3) is 4.91. The van der Waals surface area contributed by atoms with Crippen LogP contribution in [0.1, 0.15) is 84.5 Å². The molecule has 2 aliphatic rings. The highest BCUT2D eigenvalue weighted by Crippen LogP contribution is 2.34. The van der Waals surface area contributed by atoms with Crippen LogP contribution in [0.25, 0.3) is 0 Å². The molecular weight excluding hydrogens is 242 g/mol. The first-order valence-corrected chi connectivity index (χ1v) is 9.23. The highest BCUT2D eigenvalue weighted by atomic mass is 14.9. The molecule has 0 aromatic heterocycles. The summed E-state index contributed by atoms with van der Waals surface area (Å²) < 4.78 is 0. The zero-order valence-electron chi connectivity index (χ0n) is 13.8. The average Bonchev–Trinajstić information content (AvgIpc) is 2.42. The van der Waals surface area contributed by atoms with Gasteiger partial charge in [0.1, 0.15) is 0 Å². The van der Waals surface area contributed by atoms with Gasteiger partial charge in [0, 0.05) is 6.04 Å². The van der Waals surface area contributed by atoms with Crippen LogP contribution < -0.4 is 5.32 Å². The fourth-order valence-electron chi connectivity index (χ4n) is 4.02. The SMILES string of the molecule is CCCNC(C1=CCCCCCC1)C1CCC(C)CC1. The van der Waals surface area contributed by atoms with Gasteiger partial charge in [0.15, 0.2) is 0 Å². The Bertz CT molecular complexity index is 286. The Balaban J connectivity index is 2.00. The van der Waals surface area contributed by atoms with Gasteiger partial charge >= 0.3 is 0 Å². The maximum atomic E-state index is 3.90. The van der Waals surface area contributed by atoms with Crippen LogP contribution in [-0.2, 0) is 0 Å². The Kier molecular flexibility index (Phi) is 7.13.